The van der Waals surface area contributed by atoms with Gasteiger partial charge in [0, 0.05) is 13.6 Å². The van der Waals surface area contributed by atoms with E-state index in [4.69, 9.17) is 0 Å². The third kappa shape index (κ3) is 2.16. The number of likely N-dealkylation sites (N-methyl/N-ethyl adjacent to an activating group) is 2. The van der Waals surface area contributed by atoms with Crippen LogP contribution in [0.2, 0.25) is 0 Å². The van der Waals surface area contributed by atoms with Crippen LogP contribution in [0.25, 0.3) is 0 Å². The molecule has 0 bridgehead atoms. The van der Waals surface area contributed by atoms with Crippen LogP contribution in [0.4, 0.5) is 4.79 Å². The fourth-order valence-electron chi connectivity index (χ4n) is 3.28. The molecular weight excluding hydrogens is 308 g/mol. The van der Waals surface area contributed by atoms with Gasteiger partial charge in [0.05, 0.1) is 11.7 Å². The molecule has 2 aliphatic rings. The van der Waals surface area contributed by atoms with Crippen LogP contribution in [0.5, 0.6) is 0 Å². The van der Waals surface area contributed by atoms with E-state index in [1.807, 2.05) is 38.3 Å². The van der Waals surface area contributed by atoms with Crippen molar-refractivity contribution in [2.75, 3.05) is 13.6 Å². The summed E-state index contributed by atoms with van der Waals surface area (Å²) in [6, 6.07) is 1.06. The van der Waals surface area contributed by atoms with Crippen LogP contribution in [0.3, 0.4) is 0 Å². The Balaban J connectivity index is 2.20. The number of carbonyl (C=O) groups excluding carboxylic acids is 2. The fourth-order valence-corrected chi connectivity index (χ4v) is 3.28. The quantitative estimate of drug-likeness (QED) is 0.753. The summed E-state index contributed by atoms with van der Waals surface area (Å²) in [4.78, 5) is 32.6. The summed E-state index contributed by atoms with van der Waals surface area (Å²) in [5, 5.41) is 4.49. The Hall–Kier alpha value is -2.51. The summed E-state index contributed by atoms with van der Waals surface area (Å²) >= 11 is 0. The molecule has 24 heavy (non-hydrogen) atoms. The van der Waals surface area contributed by atoms with Crippen molar-refractivity contribution in [2.45, 2.75) is 46.7 Å². The maximum atomic E-state index is 12.9. The molecule has 128 valence electrons. The number of fused-ring (bicyclic) bond motifs is 1. The number of aromatic nitrogens is 2. The van der Waals surface area contributed by atoms with Crippen molar-refractivity contribution in [3.63, 3.8) is 0 Å². The number of amidine groups is 1. The summed E-state index contributed by atoms with van der Waals surface area (Å²) < 4.78 is 3.67. The highest BCUT2D eigenvalue weighted by molar-refractivity contribution is 6.22. The van der Waals surface area contributed by atoms with Crippen LogP contribution in [-0.4, -0.2) is 73.6 Å². The Labute approximate surface area is 141 Å². The molecule has 1 saturated heterocycles. The van der Waals surface area contributed by atoms with Gasteiger partial charge in [0.1, 0.15) is 5.69 Å². The van der Waals surface area contributed by atoms with Gasteiger partial charge in [-0.15, -0.1) is 9.78 Å². The molecule has 1 unspecified atom stereocenters. The predicted molar refractivity (Wildman–Crippen MR) is 89.3 cm³/mol. The summed E-state index contributed by atoms with van der Waals surface area (Å²) in [5.74, 6) is 0.817. The molecule has 8 heteroatoms. The van der Waals surface area contributed by atoms with Crippen LogP contribution in [0.15, 0.2) is 11.1 Å². The fraction of sp³-hybridized carbons (Fsp3) is 0.562. The SMILES string of the molecule is CCN1C(=O)C2C(=NC(n3nc(C)cc3C)=[N+]2C(C)C)N(C)C1=O. The lowest BCUT2D eigenvalue weighted by Crippen LogP contribution is -2.63. The van der Waals surface area contributed by atoms with Gasteiger partial charge in [0.25, 0.3) is 5.91 Å². The molecule has 3 amide bonds. The number of aryl methyl sites for hydroxylation is 2. The first-order valence-electron chi connectivity index (χ1n) is 8.14. The van der Waals surface area contributed by atoms with Gasteiger partial charge in [-0.1, -0.05) is 4.99 Å². The van der Waals surface area contributed by atoms with E-state index in [1.165, 1.54) is 9.80 Å². The molecule has 0 aliphatic carbocycles. The Morgan fingerprint density at radius 3 is 2.46 bits per heavy atom. The Kier molecular flexibility index (Phi) is 3.77. The lowest BCUT2D eigenvalue weighted by atomic mass is 10.1. The zero-order valence-corrected chi connectivity index (χ0v) is 14.9. The van der Waals surface area contributed by atoms with Crippen molar-refractivity contribution in [2.24, 2.45) is 4.99 Å². The highest BCUT2D eigenvalue weighted by atomic mass is 16.2. The third-order valence-corrected chi connectivity index (χ3v) is 4.40. The Bertz CT molecular complexity index is 788. The van der Waals surface area contributed by atoms with E-state index < -0.39 is 6.04 Å². The molecule has 0 aromatic carbocycles. The van der Waals surface area contributed by atoms with Gasteiger partial charge in [0.15, 0.2) is 0 Å². The minimum absolute atomic E-state index is 0.0272. The van der Waals surface area contributed by atoms with E-state index >= 15 is 0 Å². The lowest BCUT2D eigenvalue weighted by Gasteiger charge is -2.34. The van der Waals surface area contributed by atoms with E-state index in [-0.39, 0.29) is 18.0 Å². The molecule has 2 aliphatic heterocycles. The van der Waals surface area contributed by atoms with Crippen LogP contribution < -0.4 is 0 Å². The average molecular weight is 331 g/mol. The first kappa shape index (κ1) is 16.4. The van der Waals surface area contributed by atoms with Crippen molar-refractivity contribution in [1.29, 1.82) is 0 Å². The zero-order valence-electron chi connectivity index (χ0n) is 14.9. The van der Waals surface area contributed by atoms with Gasteiger partial charge in [0.2, 0.25) is 11.9 Å². The van der Waals surface area contributed by atoms with E-state index in [1.54, 1.807) is 18.7 Å². The molecule has 0 radical (unpaired) electrons. The molecule has 8 nitrogen and oxygen atoms in total. The number of hydrogen-bond donors (Lipinski definition) is 0. The third-order valence-electron chi connectivity index (χ3n) is 4.40. The normalized spacial score (nSPS) is 21.1. The molecule has 1 aromatic heterocycles. The summed E-state index contributed by atoms with van der Waals surface area (Å²) in [6.07, 6.45) is 0. The largest absolute Gasteiger partial charge is 0.421 e. The van der Waals surface area contributed by atoms with E-state index in [0.717, 1.165) is 11.4 Å². The predicted octanol–water partition coefficient (Wildman–Crippen LogP) is 0.820. The summed E-state index contributed by atoms with van der Waals surface area (Å²) in [6.45, 7) is 10.0. The monoisotopic (exact) mass is 331 g/mol. The summed E-state index contributed by atoms with van der Waals surface area (Å²) in [5.41, 5.74) is 1.81. The number of nitrogens with zero attached hydrogens (tertiary/aromatic N) is 6. The van der Waals surface area contributed by atoms with Crippen LogP contribution in [0, 0.1) is 13.8 Å². The molecule has 3 rings (SSSR count). The first-order chi connectivity index (χ1) is 11.3. The van der Waals surface area contributed by atoms with Gasteiger partial charge in [-0.3, -0.25) is 14.6 Å². The van der Waals surface area contributed by atoms with Gasteiger partial charge in [-0.05, 0) is 40.7 Å². The van der Waals surface area contributed by atoms with Crippen molar-refractivity contribution in [3.8, 4) is 0 Å². The molecule has 1 atom stereocenters. The standard InChI is InChI=1S/C16H23N6O2/c1-7-20-14(23)12-13(19(6)16(20)24)17-15(21(12)9(2)3)22-11(5)8-10(4)18-22/h8-9,12H,7H2,1-6H3/q+1. The number of hydrogen-bond acceptors (Lipinski definition) is 4. The van der Waals surface area contributed by atoms with Crippen molar-refractivity contribution in [1.82, 2.24) is 19.6 Å². The molecule has 1 fully saturated rings. The van der Waals surface area contributed by atoms with Gasteiger partial charge in [-0.25, -0.2) is 9.37 Å². The maximum Gasteiger partial charge on any atom is 0.421 e. The van der Waals surface area contributed by atoms with Gasteiger partial charge < -0.3 is 0 Å². The number of carbonyl (C=O) groups is 2. The number of aliphatic imine (C=N–C) groups is 1. The van der Waals surface area contributed by atoms with E-state index in [0.29, 0.717) is 18.3 Å². The number of imide groups is 1. The van der Waals surface area contributed by atoms with E-state index in [9.17, 15) is 9.59 Å². The van der Waals surface area contributed by atoms with E-state index in [2.05, 4.69) is 10.1 Å². The van der Waals surface area contributed by atoms with Crippen molar-refractivity contribution < 1.29 is 14.2 Å². The number of rotatable bonds is 2. The number of amides is 3. The smallest absolute Gasteiger partial charge is 0.270 e. The zero-order chi connectivity index (χ0) is 17.8. The maximum absolute atomic E-state index is 12.9. The minimum Gasteiger partial charge on any atom is -0.270 e. The van der Waals surface area contributed by atoms with Crippen molar-refractivity contribution >= 4 is 23.7 Å². The highest BCUT2D eigenvalue weighted by Crippen LogP contribution is 2.22. The minimum atomic E-state index is -0.591. The molecule has 3 heterocycles. The molecule has 1 aromatic rings. The van der Waals surface area contributed by atoms with Crippen LogP contribution >= 0.6 is 0 Å². The second-order valence-electron chi connectivity index (χ2n) is 6.44. The lowest BCUT2D eigenvalue weighted by molar-refractivity contribution is -0.567. The second kappa shape index (κ2) is 5.54. The van der Waals surface area contributed by atoms with Crippen molar-refractivity contribution in [3.05, 3.63) is 17.5 Å². The molecule has 0 saturated carbocycles. The Morgan fingerprint density at radius 1 is 1.29 bits per heavy atom. The van der Waals surface area contributed by atoms with Crippen LogP contribution in [0.1, 0.15) is 32.2 Å². The second-order valence-corrected chi connectivity index (χ2v) is 6.44. The highest BCUT2D eigenvalue weighted by Gasteiger charge is 2.53. The van der Waals surface area contributed by atoms with Crippen LogP contribution in [-0.2, 0) is 4.79 Å². The topological polar surface area (TPSA) is 73.8 Å². The number of urea groups is 1. The summed E-state index contributed by atoms with van der Waals surface area (Å²) in [7, 11) is 1.66. The Morgan fingerprint density at radius 2 is 1.96 bits per heavy atom. The molecule has 0 spiro atoms. The molecular formula is C16H23N6O2+. The van der Waals surface area contributed by atoms with Gasteiger partial charge in [-0.2, -0.15) is 0 Å². The van der Waals surface area contributed by atoms with Gasteiger partial charge >= 0.3 is 12.0 Å². The first-order valence-corrected chi connectivity index (χ1v) is 8.14. The molecule has 0 N–H and O–H groups in total. The average Bonchev–Trinajstić information content (AvgIpc) is 3.05.